The Kier molecular flexibility index (Phi) is 7.63. The fourth-order valence-electron chi connectivity index (χ4n) is 2.74. The van der Waals surface area contributed by atoms with E-state index in [1.807, 2.05) is 4.90 Å². The number of carbonyl (C=O) groups excluding carboxylic acids is 2. The van der Waals surface area contributed by atoms with Gasteiger partial charge in [0, 0.05) is 31.5 Å². The summed E-state index contributed by atoms with van der Waals surface area (Å²) in [5, 5.41) is 3.15. The molecule has 4 nitrogen and oxygen atoms in total. The van der Waals surface area contributed by atoms with Gasteiger partial charge in [-0.3, -0.25) is 9.59 Å². The zero-order chi connectivity index (χ0) is 15.0. The number of carbonyl (C=O) groups is 2. The van der Waals surface area contributed by atoms with E-state index < -0.39 is 0 Å². The molecule has 1 aliphatic heterocycles. The Morgan fingerprint density at radius 3 is 2.25 bits per heavy atom. The number of amides is 2. The van der Waals surface area contributed by atoms with Gasteiger partial charge in [-0.15, -0.1) is 0 Å². The molecule has 0 aliphatic carbocycles. The van der Waals surface area contributed by atoms with Crippen LogP contribution in [0, 0.1) is 5.92 Å². The van der Waals surface area contributed by atoms with E-state index in [4.69, 9.17) is 0 Å². The molecule has 20 heavy (non-hydrogen) atoms. The first-order chi connectivity index (χ1) is 9.62. The van der Waals surface area contributed by atoms with Gasteiger partial charge in [0.15, 0.2) is 0 Å². The molecular formula is C16H30N2O2. The second-order valence-electron chi connectivity index (χ2n) is 5.78. The van der Waals surface area contributed by atoms with Gasteiger partial charge in [-0.25, -0.2) is 0 Å². The zero-order valence-electron chi connectivity index (χ0n) is 13.3. The Hall–Kier alpha value is -1.06. The average molecular weight is 282 g/mol. The monoisotopic (exact) mass is 282 g/mol. The van der Waals surface area contributed by atoms with Crippen molar-refractivity contribution in [3.63, 3.8) is 0 Å². The molecule has 1 heterocycles. The molecule has 0 aromatic heterocycles. The van der Waals surface area contributed by atoms with Gasteiger partial charge in [0.25, 0.3) is 0 Å². The van der Waals surface area contributed by atoms with Crippen molar-refractivity contribution in [3.05, 3.63) is 0 Å². The summed E-state index contributed by atoms with van der Waals surface area (Å²) in [6.07, 6.45) is 6.29. The molecule has 0 radical (unpaired) electrons. The summed E-state index contributed by atoms with van der Waals surface area (Å²) in [5.41, 5.74) is 0. The predicted molar refractivity (Wildman–Crippen MR) is 81.3 cm³/mol. The highest BCUT2D eigenvalue weighted by atomic mass is 16.2. The molecule has 0 atom stereocenters. The Bertz CT molecular complexity index is 306. The molecule has 1 fully saturated rings. The van der Waals surface area contributed by atoms with Crippen LogP contribution in [0.2, 0.25) is 0 Å². The fraction of sp³-hybridized carbons (Fsp3) is 0.875. The minimum Gasteiger partial charge on any atom is -0.353 e. The number of unbranched alkanes of at least 4 members (excludes halogenated alkanes) is 1. The summed E-state index contributed by atoms with van der Waals surface area (Å²) < 4.78 is 0. The van der Waals surface area contributed by atoms with E-state index in [1.165, 1.54) is 0 Å². The number of piperidine rings is 1. The first kappa shape index (κ1) is 17.0. The number of hydrogen-bond acceptors (Lipinski definition) is 2. The first-order valence-electron chi connectivity index (χ1n) is 8.20. The molecule has 1 rings (SSSR count). The van der Waals surface area contributed by atoms with E-state index in [0.717, 1.165) is 51.6 Å². The lowest BCUT2D eigenvalue weighted by Crippen LogP contribution is -2.47. The van der Waals surface area contributed by atoms with Crippen LogP contribution in [0.4, 0.5) is 0 Å². The highest BCUT2D eigenvalue weighted by Crippen LogP contribution is 2.14. The summed E-state index contributed by atoms with van der Waals surface area (Å²) in [6.45, 7) is 7.80. The lowest BCUT2D eigenvalue weighted by molar-refractivity contribution is -0.132. The van der Waals surface area contributed by atoms with Crippen LogP contribution < -0.4 is 5.32 Å². The molecule has 1 saturated heterocycles. The van der Waals surface area contributed by atoms with Crippen molar-refractivity contribution in [1.29, 1.82) is 0 Å². The van der Waals surface area contributed by atoms with E-state index in [-0.39, 0.29) is 23.8 Å². The lowest BCUT2D eigenvalue weighted by Gasteiger charge is -2.33. The smallest absolute Gasteiger partial charge is 0.223 e. The van der Waals surface area contributed by atoms with Crippen molar-refractivity contribution in [3.8, 4) is 0 Å². The van der Waals surface area contributed by atoms with Gasteiger partial charge in [0.1, 0.15) is 0 Å². The standard InChI is InChI=1S/C16H30N2O2/c1-4-7-8-15(19)18-11-9-14(10-12-18)17-16(20)13(5-2)6-3/h13-14H,4-12H2,1-3H3,(H,17,20). The van der Waals surface area contributed by atoms with Crippen molar-refractivity contribution in [2.24, 2.45) is 5.92 Å². The number of hydrogen-bond donors (Lipinski definition) is 1. The average Bonchev–Trinajstić information content (AvgIpc) is 2.46. The largest absolute Gasteiger partial charge is 0.353 e. The van der Waals surface area contributed by atoms with Gasteiger partial charge in [-0.05, 0) is 32.1 Å². The summed E-state index contributed by atoms with van der Waals surface area (Å²) in [5.74, 6) is 0.599. The van der Waals surface area contributed by atoms with Crippen LogP contribution in [0.15, 0.2) is 0 Å². The van der Waals surface area contributed by atoms with Crippen LogP contribution in [-0.4, -0.2) is 35.8 Å². The van der Waals surface area contributed by atoms with Crippen LogP contribution in [0.5, 0.6) is 0 Å². The van der Waals surface area contributed by atoms with E-state index in [1.54, 1.807) is 0 Å². The topological polar surface area (TPSA) is 49.4 Å². The molecular weight excluding hydrogens is 252 g/mol. The van der Waals surface area contributed by atoms with Crippen LogP contribution in [-0.2, 0) is 9.59 Å². The molecule has 0 bridgehead atoms. The minimum absolute atomic E-state index is 0.138. The maximum atomic E-state index is 12.0. The molecule has 0 spiro atoms. The molecule has 1 N–H and O–H groups in total. The maximum absolute atomic E-state index is 12.0. The fourth-order valence-corrected chi connectivity index (χ4v) is 2.74. The first-order valence-corrected chi connectivity index (χ1v) is 8.20. The molecule has 0 aromatic carbocycles. The minimum atomic E-state index is 0.138. The van der Waals surface area contributed by atoms with Crippen LogP contribution in [0.1, 0.15) is 65.7 Å². The third kappa shape index (κ3) is 5.14. The van der Waals surface area contributed by atoms with Crippen molar-refractivity contribution < 1.29 is 9.59 Å². The second-order valence-corrected chi connectivity index (χ2v) is 5.78. The Morgan fingerprint density at radius 2 is 1.75 bits per heavy atom. The van der Waals surface area contributed by atoms with E-state index in [0.29, 0.717) is 6.42 Å². The van der Waals surface area contributed by atoms with Crippen molar-refractivity contribution in [2.45, 2.75) is 71.8 Å². The van der Waals surface area contributed by atoms with Gasteiger partial charge in [0.05, 0.1) is 0 Å². The van der Waals surface area contributed by atoms with Crippen LogP contribution >= 0.6 is 0 Å². The van der Waals surface area contributed by atoms with E-state index >= 15 is 0 Å². The highest BCUT2D eigenvalue weighted by Gasteiger charge is 2.25. The van der Waals surface area contributed by atoms with Gasteiger partial charge >= 0.3 is 0 Å². The summed E-state index contributed by atoms with van der Waals surface area (Å²) in [4.78, 5) is 25.9. The number of rotatable bonds is 7. The quantitative estimate of drug-likeness (QED) is 0.780. The highest BCUT2D eigenvalue weighted by molar-refractivity contribution is 5.79. The maximum Gasteiger partial charge on any atom is 0.223 e. The van der Waals surface area contributed by atoms with Crippen LogP contribution in [0.3, 0.4) is 0 Å². The third-order valence-corrected chi connectivity index (χ3v) is 4.29. The van der Waals surface area contributed by atoms with Crippen molar-refractivity contribution >= 4 is 11.8 Å². The molecule has 4 heteroatoms. The van der Waals surface area contributed by atoms with Gasteiger partial charge in [-0.2, -0.15) is 0 Å². The lowest BCUT2D eigenvalue weighted by atomic mass is 9.99. The third-order valence-electron chi connectivity index (χ3n) is 4.29. The Labute approximate surface area is 123 Å². The van der Waals surface area contributed by atoms with Crippen LogP contribution in [0.25, 0.3) is 0 Å². The van der Waals surface area contributed by atoms with E-state index in [2.05, 4.69) is 26.1 Å². The predicted octanol–water partition coefficient (Wildman–Crippen LogP) is 2.72. The van der Waals surface area contributed by atoms with Gasteiger partial charge in [0.2, 0.25) is 11.8 Å². The SMILES string of the molecule is CCCCC(=O)N1CCC(NC(=O)C(CC)CC)CC1. The number of likely N-dealkylation sites (tertiary alicyclic amines) is 1. The van der Waals surface area contributed by atoms with Crippen molar-refractivity contribution in [1.82, 2.24) is 10.2 Å². The Balaban J connectivity index is 2.31. The summed E-state index contributed by atoms with van der Waals surface area (Å²) >= 11 is 0. The molecule has 0 aromatic rings. The summed E-state index contributed by atoms with van der Waals surface area (Å²) in [7, 11) is 0. The normalized spacial score (nSPS) is 16.5. The van der Waals surface area contributed by atoms with Gasteiger partial charge < -0.3 is 10.2 Å². The Morgan fingerprint density at radius 1 is 1.15 bits per heavy atom. The van der Waals surface area contributed by atoms with Gasteiger partial charge in [-0.1, -0.05) is 27.2 Å². The number of nitrogens with zero attached hydrogens (tertiary/aromatic N) is 1. The molecule has 0 unspecified atom stereocenters. The molecule has 2 amide bonds. The van der Waals surface area contributed by atoms with E-state index in [9.17, 15) is 9.59 Å². The molecule has 1 aliphatic rings. The second kappa shape index (κ2) is 8.98. The number of nitrogens with one attached hydrogen (secondary N) is 1. The molecule has 0 saturated carbocycles. The zero-order valence-corrected chi connectivity index (χ0v) is 13.3. The summed E-state index contributed by atoms with van der Waals surface area (Å²) in [6, 6.07) is 0.248. The van der Waals surface area contributed by atoms with Crippen molar-refractivity contribution in [2.75, 3.05) is 13.1 Å². The molecule has 116 valence electrons.